The number of nitrogens with zero attached hydrogens (tertiary/aromatic N) is 3. The number of likely N-dealkylation sites (tertiary alicyclic amines) is 1. The van der Waals surface area contributed by atoms with Gasteiger partial charge in [-0.25, -0.2) is 4.98 Å². The maximum Gasteiger partial charge on any atom is 0.274 e. The first-order valence-electron chi connectivity index (χ1n) is 5.78. The van der Waals surface area contributed by atoms with Crippen molar-refractivity contribution in [1.29, 1.82) is 0 Å². The molecule has 1 aromatic rings. The Kier molecular flexibility index (Phi) is 4.24. The molecule has 18 heavy (non-hydrogen) atoms. The Balaban J connectivity index is 2.12. The standard InChI is InChI=1S/C11H13Cl2N3O2/c12-9-10(13)14-7-16(11(9)18)6-8(17)15-4-2-1-3-5-15/h7H,1-6H2. The van der Waals surface area contributed by atoms with Crippen LogP contribution in [-0.4, -0.2) is 33.4 Å². The molecule has 1 amide bonds. The van der Waals surface area contributed by atoms with Crippen LogP contribution in [0, 0.1) is 0 Å². The lowest BCUT2D eigenvalue weighted by Crippen LogP contribution is -2.39. The summed E-state index contributed by atoms with van der Waals surface area (Å²) in [5, 5.41) is -0.186. The molecule has 0 aliphatic carbocycles. The van der Waals surface area contributed by atoms with Crippen LogP contribution in [0.5, 0.6) is 0 Å². The van der Waals surface area contributed by atoms with Gasteiger partial charge in [-0.15, -0.1) is 0 Å². The van der Waals surface area contributed by atoms with E-state index in [4.69, 9.17) is 23.2 Å². The van der Waals surface area contributed by atoms with Crippen LogP contribution in [0.2, 0.25) is 10.2 Å². The van der Waals surface area contributed by atoms with Gasteiger partial charge in [0.15, 0.2) is 5.15 Å². The van der Waals surface area contributed by atoms with E-state index in [1.165, 1.54) is 10.9 Å². The molecule has 0 unspecified atom stereocenters. The third kappa shape index (κ3) is 2.84. The molecule has 2 rings (SSSR count). The molecule has 5 nitrogen and oxygen atoms in total. The van der Waals surface area contributed by atoms with Crippen molar-refractivity contribution in [2.45, 2.75) is 25.8 Å². The Morgan fingerprint density at radius 1 is 1.28 bits per heavy atom. The Morgan fingerprint density at radius 2 is 1.94 bits per heavy atom. The minimum Gasteiger partial charge on any atom is -0.341 e. The molecule has 1 fully saturated rings. The summed E-state index contributed by atoms with van der Waals surface area (Å²) in [5.41, 5.74) is -0.484. The fraction of sp³-hybridized carbons (Fsp3) is 0.545. The molecule has 1 aromatic heterocycles. The van der Waals surface area contributed by atoms with Crippen LogP contribution in [0.15, 0.2) is 11.1 Å². The Labute approximate surface area is 114 Å². The summed E-state index contributed by atoms with van der Waals surface area (Å²) in [4.78, 5) is 29.2. The molecule has 7 heteroatoms. The van der Waals surface area contributed by atoms with Gasteiger partial charge in [-0.1, -0.05) is 23.2 Å². The summed E-state index contributed by atoms with van der Waals surface area (Å²) >= 11 is 11.3. The maximum absolute atomic E-state index is 12.0. The maximum atomic E-state index is 12.0. The van der Waals surface area contributed by atoms with Crippen molar-refractivity contribution in [3.8, 4) is 0 Å². The smallest absolute Gasteiger partial charge is 0.274 e. The zero-order valence-electron chi connectivity index (χ0n) is 9.73. The third-order valence-electron chi connectivity index (χ3n) is 2.95. The van der Waals surface area contributed by atoms with E-state index in [1.54, 1.807) is 4.90 Å². The first-order valence-corrected chi connectivity index (χ1v) is 6.53. The highest BCUT2D eigenvalue weighted by Crippen LogP contribution is 2.13. The number of carbonyl (C=O) groups is 1. The van der Waals surface area contributed by atoms with Crippen LogP contribution in [0.3, 0.4) is 0 Å². The van der Waals surface area contributed by atoms with Crippen molar-refractivity contribution in [2.75, 3.05) is 13.1 Å². The van der Waals surface area contributed by atoms with Crippen molar-refractivity contribution in [3.63, 3.8) is 0 Å². The van der Waals surface area contributed by atoms with Crippen molar-refractivity contribution < 1.29 is 4.79 Å². The SMILES string of the molecule is O=C(Cn1cnc(Cl)c(Cl)c1=O)N1CCCCC1. The Bertz CT molecular complexity index is 510. The van der Waals surface area contributed by atoms with E-state index in [0.717, 1.165) is 32.4 Å². The summed E-state index contributed by atoms with van der Waals surface area (Å²) in [5.74, 6) is -0.0861. The second kappa shape index (κ2) is 5.71. The summed E-state index contributed by atoms with van der Waals surface area (Å²) < 4.78 is 1.19. The molecular formula is C11H13Cl2N3O2. The molecule has 98 valence electrons. The van der Waals surface area contributed by atoms with E-state index in [0.29, 0.717) is 0 Å². The number of rotatable bonds is 2. The van der Waals surface area contributed by atoms with Gasteiger partial charge < -0.3 is 4.90 Å². The van der Waals surface area contributed by atoms with Gasteiger partial charge in [0.2, 0.25) is 5.91 Å². The average molecular weight is 290 g/mol. The van der Waals surface area contributed by atoms with Crippen LogP contribution < -0.4 is 5.56 Å². The normalized spacial score (nSPS) is 15.8. The third-order valence-corrected chi connectivity index (χ3v) is 3.68. The number of piperidine rings is 1. The van der Waals surface area contributed by atoms with Gasteiger partial charge in [0.25, 0.3) is 5.56 Å². The summed E-state index contributed by atoms with van der Waals surface area (Å²) in [6, 6.07) is 0. The van der Waals surface area contributed by atoms with Crippen molar-refractivity contribution in [1.82, 2.24) is 14.5 Å². The fourth-order valence-electron chi connectivity index (χ4n) is 1.95. The molecule has 0 radical (unpaired) electrons. The highest BCUT2D eigenvalue weighted by Gasteiger charge is 2.18. The van der Waals surface area contributed by atoms with E-state index in [9.17, 15) is 9.59 Å². The van der Waals surface area contributed by atoms with Gasteiger partial charge in [0.05, 0.1) is 6.33 Å². The van der Waals surface area contributed by atoms with E-state index in [2.05, 4.69) is 4.98 Å². The highest BCUT2D eigenvalue weighted by atomic mass is 35.5. The second-order valence-corrected chi connectivity index (χ2v) is 4.96. The lowest BCUT2D eigenvalue weighted by molar-refractivity contribution is -0.132. The molecule has 0 N–H and O–H groups in total. The van der Waals surface area contributed by atoms with E-state index < -0.39 is 5.56 Å². The minimum atomic E-state index is -0.484. The van der Waals surface area contributed by atoms with Gasteiger partial charge in [-0.05, 0) is 19.3 Å². The van der Waals surface area contributed by atoms with Gasteiger partial charge in [0.1, 0.15) is 11.6 Å². The van der Waals surface area contributed by atoms with Crippen LogP contribution in [0.1, 0.15) is 19.3 Å². The predicted molar refractivity (Wildman–Crippen MR) is 68.9 cm³/mol. The summed E-state index contributed by atoms with van der Waals surface area (Å²) in [6.07, 6.45) is 4.43. The monoisotopic (exact) mass is 289 g/mol. The second-order valence-electron chi connectivity index (χ2n) is 4.22. The number of aromatic nitrogens is 2. The Hall–Kier alpha value is -1.07. The number of hydrogen-bond donors (Lipinski definition) is 0. The van der Waals surface area contributed by atoms with E-state index in [1.807, 2.05) is 0 Å². The highest BCUT2D eigenvalue weighted by molar-refractivity contribution is 6.40. The van der Waals surface area contributed by atoms with Crippen LogP contribution in [0.25, 0.3) is 0 Å². The summed E-state index contributed by atoms with van der Waals surface area (Å²) in [7, 11) is 0. The Morgan fingerprint density at radius 3 is 2.61 bits per heavy atom. The van der Waals surface area contributed by atoms with Crippen molar-refractivity contribution >= 4 is 29.1 Å². The number of carbonyl (C=O) groups excluding carboxylic acids is 1. The molecule has 0 saturated carbocycles. The fourth-order valence-corrected chi connectivity index (χ4v) is 2.23. The van der Waals surface area contributed by atoms with E-state index >= 15 is 0 Å². The van der Waals surface area contributed by atoms with Crippen LogP contribution in [-0.2, 0) is 11.3 Å². The molecular weight excluding hydrogens is 277 g/mol. The van der Waals surface area contributed by atoms with Gasteiger partial charge in [-0.3, -0.25) is 14.2 Å². The van der Waals surface area contributed by atoms with Gasteiger partial charge in [0, 0.05) is 13.1 Å². The average Bonchev–Trinajstić information content (AvgIpc) is 2.40. The van der Waals surface area contributed by atoms with Gasteiger partial charge in [-0.2, -0.15) is 0 Å². The summed E-state index contributed by atoms with van der Waals surface area (Å²) in [6.45, 7) is 1.47. The first-order chi connectivity index (χ1) is 8.59. The number of halogens is 2. The van der Waals surface area contributed by atoms with Gasteiger partial charge >= 0.3 is 0 Å². The molecule has 1 aliphatic rings. The molecule has 1 aliphatic heterocycles. The zero-order chi connectivity index (χ0) is 13.1. The predicted octanol–water partition coefficient (Wildman–Crippen LogP) is 1.56. The first kappa shape index (κ1) is 13.4. The minimum absolute atomic E-state index is 0.0386. The quantitative estimate of drug-likeness (QED) is 0.777. The topological polar surface area (TPSA) is 55.2 Å². The van der Waals surface area contributed by atoms with Crippen LogP contribution in [0.4, 0.5) is 0 Å². The molecule has 0 spiro atoms. The van der Waals surface area contributed by atoms with E-state index in [-0.39, 0.29) is 22.6 Å². The zero-order valence-corrected chi connectivity index (χ0v) is 11.2. The lowest BCUT2D eigenvalue weighted by Gasteiger charge is -2.26. The van der Waals surface area contributed by atoms with Crippen molar-refractivity contribution in [2.24, 2.45) is 0 Å². The lowest BCUT2D eigenvalue weighted by atomic mass is 10.1. The molecule has 0 aromatic carbocycles. The molecule has 1 saturated heterocycles. The number of hydrogen-bond acceptors (Lipinski definition) is 3. The molecule has 0 atom stereocenters. The molecule has 2 heterocycles. The van der Waals surface area contributed by atoms with Crippen LogP contribution >= 0.6 is 23.2 Å². The largest absolute Gasteiger partial charge is 0.341 e. The number of amides is 1. The van der Waals surface area contributed by atoms with Crippen molar-refractivity contribution in [3.05, 3.63) is 26.9 Å². The molecule has 0 bridgehead atoms.